The molecule has 1 unspecified atom stereocenters. The van der Waals surface area contributed by atoms with Crippen molar-refractivity contribution in [2.75, 3.05) is 5.32 Å². The van der Waals surface area contributed by atoms with Crippen molar-refractivity contribution in [3.05, 3.63) is 88.1 Å². The lowest BCUT2D eigenvalue weighted by Gasteiger charge is -2.40. The van der Waals surface area contributed by atoms with Crippen LogP contribution in [0.2, 0.25) is 5.02 Å². The number of rotatable bonds is 1. The van der Waals surface area contributed by atoms with Gasteiger partial charge in [-0.25, -0.2) is 0 Å². The van der Waals surface area contributed by atoms with Gasteiger partial charge in [-0.1, -0.05) is 67.9 Å². The highest BCUT2D eigenvalue weighted by atomic mass is 35.5. The quantitative estimate of drug-likeness (QED) is 0.503. The highest BCUT2D eigenvalue weighted by Gasteiger charge is 2.41. The molecule has 1 aliphatic heterocycles. The Hall–Kier alpha value is -2.58. The van der Waals surface area contributed by atoms with E-state index in [2.05, 4.69) is 61.6 Å². The minimum Gasteiger partial charge on any atom is -0.358 e. The van der Waals surface area contributed by atoms with E-state index >= 15 is 0 Å². The predicted molar refractivity (Wildman–Crippen MR) is 116 cm³/mol. The number of fused-ring (bicyclic) bond motifs is 3. The predicted octanol–water partition coefficient (Wildman–Crippen LogP) is 6.69. The molecule has 1 heterocycles. The Kier molecular flexibility index (Phi) is 3.89. The Morgan fingerprint density at radius 3 is 2.64 bits per heavy atom. The second-order valence-corrected chi connectivity index (χ2v) is 9.13. The van der Waals surface area contributed by atoms with Gasteiger partial charge in [-0.2, -0.15) is 0 Å². The Bertz CT molecular complexity index is 1160. The van der Waals surface area contributed by atoms with Crippen molar-refractivity contribution in [1.29, 1.82) is 0 Å². The lowest BCUT2D eigenvalue weighted by molar-refractivity contribution is -0.118. The monoisotopic (exact) mass is 387 g/mol. The Morgan fingerprint density at radius 2 is 1.82 bits per heavy atom. The van der Waals surface area contributed by atoms with E-state index in [0.29, 0.717) is 11.4 Å². The maximum atomic E-state index is 13.3. The molecule has 3 aromatic carbocycles. The van der Waals surface area contributed by atoms with Gasteiger partial charge in [-0.05, 0) is 51.9 Å². The molecule has 0 radical (unpaired) electrons. The third kappa shape index (κ3) is 2.75. The molecular weight excluding hydrogens is 366 g/mol. The number of benzene rings is 3. The molecule has 2 aliphatic rings. The van der Waals surface area contributed by atoms with E-state index in [4.69, 9.17) is 11.6 Å². The van der Waals surface area contributed by atoms with Crippen molar-refractivity contribution in [2.24, 2.45) is 5.41 Å². The molecule has 1 aliphatic carbocycles. The summed E-state index contributed by atoms with van der Waals surface area (Å²) < 4.78 is 0. The van der Waals surface area contributed by atoms with Gasteiger partial charge in [0.05, 0.1) is 0 Å². The van der Waals surface area contributed by atoms with E-state index in [-0.39, 0.29) is 17.1 Å². The largest absolute Gasteiger partial charge is 0.358 e. The van der Waals surface area contributed by atoms with Gasteiger partial charge in [0.1, 0.15) is 0 Å². The summed E-state index contributed by atoms with van der Waals surface area (Å²) in [4.78, 5) is 13.3. The van der Waals surface area contributed by atoms with Gasteiger partial charge in [0.25, 0.3) is 0 Å². The van der Waals surface area contributed by atoms with Crippen molar-refractivity contribution in [1.82, 2.24) is 0 Å². The van der Waals surface area contributed by atoms with E-state index < -0.39 is 0 Å². The maximum Gasteiger partial charge on any atom is 0.162 e. The van der Waals surface area contributed by atoms with Crippen LogP contribution < -0.4 is 5.32 Å². The fraction of sp³-hybridized carbons (Fsp3) is 0.240. The van der Waals surface area contributed by atoms with Crippen LogP contribution in [0.25, 0.3) is 10.8 Å². The van der Waals surface area contributed by atoms with Crippen LogP contribution in [-0.2, 0) is 4.79 Å². The molecule has 3 aromatic rings. The molecule has 3 heteroatoms. The molecular formula is C25H22ClNO. The van der Waals surface area contributed by atoms with Crippen molar-refractivity contribution >= 4 is 33.8 Å². The fourth-order valence-electron chi connectivity index (χ4n) is 4.82. The molecule has 5 rings (SSSR count). The molecule has 0 amide bonds. The molecule has 0 bridgehead atoms. The molecule has 140 valence electrons. The Labute approximate surface area is 170 Å². The third-order valence-electron chi connectivity index (χ3n) is 5.94. The number of carbonyl (C=O) groups is 1. The van der Waals surface area contributed by atoms with E-state index in [9.17, 15) is 4.79 Å². The lowest BCUT2D eigenvalue weighted by atomic mass is 9.68. The number of halogens is 1. The van der Waals surface area contributed by atoms with Crippen LogP contribution in [0.15, 0.2) is 71.9 Å². The van der Waals surface area contributed by atoms with E-state index in [1.165, 1.54) is 16.3 Å². The van der Waals surface area contributed by atoms with Gasteiger partial charge >= 0.3 is 0 Å². The van der Waals surface area contributed by atoms with Crippen LogP contribution in [0.3, 0.4) is 0 Å². The molecule has 0 saturated carbocycles. The number of carbonyl (C=O) groups excluding carboxylic acids is 1. The number of nitrogens with one attached hydrogen (secondary N) is 1. The highest BCUT2D eigenvalue weighted by molar-refractivity contribution is 6.30. The molecule has 2 nitrogen and oxygen atoms in total. The zero-order valence-corrected chi connectivity index (χ0v) is 16.8. The Morgan fingerprint density at radius 1 is 1.00 bits per heavy atom. The summed E-state index contributed by atoms with van der Waals surface area (Å²) in [6.45, 7) is 4.33. The number of ketones is 1. The lowest BCUT2D eigenvalue weighted by Crippen LogP contribution is -2.33. The van der Waals surface area contributed by atoms with Crippen molar-refractivity contribution < 1.29 is 4.79 Å². The van der Waals surface area contributed by atoms with Crippen LogP contribution in [-0.4, -0.2) is 5.78 Å². The number of hydrogen-bond donors (Lipinski definition) is 1. The fourth-order valence-corrected chi connectivity index (χ4v) is 5.02. The molecule has 28 heavy (non-hydrogen) atoms. The summed E-state index contributed by atoms with van der Waals surface area (Å²) in [7, 11) is 0. The van der Waals surface area contributed by atoms with Crippen LogP contribution in [0.4, 0.5) is 5.69 Å². The molecule has 0 saturated heterocycles. The van der Waals surface area contributed by atoms with Crippen LogP contribution in [0.5, 0.6) is 0 Å². The smallest absolute Gasteiger partial charge is 0.162 e. The Balaban J connectivity index is 1.83. The van der Waals surface area contributed by atoms with E-state index in [0.717, 1.165) is 28.9 Å². The number of hydrogen-bond acceptors (Lipinski definition) is 2. The topological polar surface area (TPSA) is 29.1 Å². The normalized spacial score (nSPS) is 20.5. The number of allylic oxidation sites excluding steroid dienone is 2. The summed E-state index contributed by atoms with van der Waals surface area (Å²) in [6, 6.07) is 20.6. The van der Waals surface area contributed by atoms with Gasteiger partial charge < -0.3 is 5.32 Å². The molecule has 0 fully saturated rings. The summed E-state index contributed by atoms with van der Waals surface area (Å²) in [6.07, 6.45) is 1.45. The SMILES string of the molecule is CC1(C)CC(=O)C2=C(C1)Nc1ccc3ccccc3c1C2c1cccc(Cl)c1. The zero-order valence-electron chi connectivity index (χ0n) is 16.1. The van der Waals surface area contributed by atoms with Gasteiger partial charge in [-0.15, -0.1) is 0 Å². The van der Waals surface area contributed by atoms with Crippen molar-refractivity contribution in [3.8, 4) is 0 Å². The van der Waals surface area contributed by atoms with Crippen LogP contribution in [0.1, 0.15) is 43.7 Å². The summed E-state index contributed by atoms with van der Waals surface area (Å²) in [5.74, 6) is 0.141. The summed E-state index contributed by atoms with van der Waals surface area (Å²) in [5, 5.41) is 6.68. The summed E-state index contributed by atoms with van der Waals surface area (Å²) in [5.41, 5.74) is 5.28. The molecule has 1 N–H and O–H groups in total. The first kappa shape index (κ1) is 17.5. The second kappa shape index (κ2) is 6.22. The number of Topliss-reactive ketones (excluding diaryl/α,β-unsaturated/α-hetero) is 1. The minimum atomic E-state index is -0.0975. The van der Waals surface area contributed by atoms with Gasteiger partial charge in [0.2, 0.25) is 0 Å². The zero-order chi connectivity index (χ0) is 19.5. The van der Waals surface area contributed by atoms with Crippen molar-refractivity contribution in [3.63, 3.8) is 0 Å². The highest BCUT2D eigenvalue weighted by Crippen LogP contribution is 2.50. The summed E-state index contributed by atoms with van der Waals surface area (Å²) >= 11 is 6.35. The van der Waals surface area contributed by atoms with Crippen LogP contribution in [0, 0.1) is 5.41 Å². The first-order valence-electron chi connectivity index (χ1n) is 9.73. The van der Waals surface area contributed by atoms with Crippen LogP contribution >= 0.6 is 11.6 Å². The second-order valence-electron chi connectivity index (χ2n) is 8.69. The van der Waals surface area contributed by atoms with Crippen molar-refractivity contribution in [2.45, 2.75) is 32.6 Å². The van der Waals surface area contributed by atoms with E-state index in [1.807, 2.05) is 18.2 Å². The van der Waals surface area contributed by atoms with Gasteiger partial charge in [0.15, 0.2) is 5.78 Å². The number of anilines is 1. The average molecular weight is 388 g/mol. The third-order valence-corrected chi connectivity index (χ3v) is 6.17. The standard InChI is InChI=1S/C25H22ClNO/c1-25(2)13-20-24(21(28)14-25)22(16-7-5-8-17(26)12-16)23-18-9-4-3-6-15(18)10-11-19(23)27-20/h3-12,22,27H,13-14H2,1-2H3. The minimum absolute atomic E-state index is 0.0316. The first-order chi connectivity index (χ1) is 13.4. The van der Waals surface area contributed by atoms with Gasteiger partial charge in [0, 0.05) is 34.3 Å². The maximum absolute atomic E-state index is 13.3. The van der Waals surface area contributed by atoms with Gasteiger partial charge in [-0.3, -0.25) is 4.79 Å². The first-order valence-corrected chi connectivity index (χ1v) is 10.1. The molecule has 1 atom stereocenters. The molecule has 0 spiro atoms. The average Bonchev–Trinajstić information content (AvgIpc) is 2.65. The molecule has 0 aromatic heterocycles. The van der Waals surface area contributed by atoms with E-state index in [1.54, 1.807) is 0 Å².